The van der Waals surface area contributed by atoms with E-state index in [1.54, 1.807) is 28.8 Å². The third-order valence-electron chi connectivity index (χ3n) is 5.36. The smallest absolute Gasteiger partial charge is 0.243 e. The maximum atomic E-state index is 13.5. The van der Waals surface area contributed by atoms with E-state index in [2.05, 4.69) is 5.32 Å². The van der Waals surface area contributed by atoms with Crippen LogP contribution in [0.4, 0.5) is 0 Å². The summed E-state index contributed by atoms with van der Waals surface area (Å²) < 4.78 is 0. The van der Waals surface area contributed by atoms with Crippen molar-refractivity contribution in [3.05, 3.63) is 99.0 Å². The zero-order chi connectivity index (χ0) is 25.2. The Kier molecular flexibility index (Phi) is 10.8. The molecule has 0 spiro atoms. The molecule has 1 atom stereocenters. The first-order valence-electron chi connectivity index (χ1n) is 11.3. The van der Waals surface area contributed by atoms with E-state index in [1.165, 1.54) is 0 Å². The topological polar surface area (TPSA) is 49.4 Å². The van der Waals surface area contributed by atoms with Gasteiger partial charge in [0.25, 0.3) is 0 Å². The molecule has 0 fully saturated rings. The first kappa shape index (κ1) is 27.4. The van der Waals surface area contributed by atoms with Crippen molar-refractivity contribution in [3.63, 3.8) is 0 Å². The Bertz CT molecular complexity index is 1130. The van der Waals surface area contributed by atoms with Gasteiger partial charge in [0.15, 0.2) is 0 Å². The van der Waals surface area contributed by atoms with Crippen LogP contribution in [0.25, 0.3) is 0 Å². The lowest BCUT2D eigenvalue weighted by molar-refractivity contribution is -0.140. The van der Waals surface area contributed by atoms with Gasteiger partial charge in [-0.2, -0.15) is 0 Å². The highest BCUT2D eigenvalue weighted by molar-refractivity contribution is 7.99. The van der Waals surface area contributed by atoms with Crippen molar-refractivity contribution >= 4 is 58.4 Å². The second-order valence-corrected chi connectivity index (χ2v) is 10.3. The minimum absolute atomic E-state index is 0.107. The van der Waals surface area contributed by atoms with Crippen LogP contribution < -0.4 is 5.32 Å². The summed E-state index contributed by atoms with van der Waals surface area (Å²) in [5, 5.41) is 4.42. The Morgan fingerprint density at radius 3 is 2.29 bits per heavy atom. The average molecular weight is 550 g/mol. The van der Waals surface area contributed by atoms with E-state index in [0.717, 1.165) is 16.0 Å². The summed E-state index contributed by atoms with van der Waals surface area (Å²) in [6.07, 6.45) is 0.684. The summed E-state index contributed by atoms with van der Waals surface area (Å²) in [5.41, 5.74) is 1.78. The van der Waals surface area contributed by atoms with Gasteiger partial charge in [-0.1, -0.05) is 71.2 Å². The number of carbonyl (C=O) groups excluding carboxylic acids is 2. The van der Waals surface area contributed by atoms with Crippen molar-refractivity contribution in [2.45, 2.75) is 37.2 Å². The molecule has 1 N–H and O–H groups in total. The normalized spacial score (nSPS) is 11.7. The maximum absolute atomic E-state index is 13.5. The molecule has 0 aliphatic rings. The molecule has 35 heavy (non-hydrogen) atoms. The highest BCUT2D eigenvalue weighted by Crippen LogP contribution is 2.25. The molecule has 3 aromatic rings. The lowest BCUT2D eigenvalue weighted by atomic mass is 10.0. The van der Waals surface area contributed by atoms with Gasteiger partial charge in [0.1, 0.15) is 6.04 Å². The summed E-state index contributed by atoms with van der Waals surface area (Å²) in [6, 6.07) is 21.8. The number of carbonyl (C=O) groups is 2. The van der Waals surface area contributed by atoms with E-state index in [4.69, 9.17) is 34.8 Å². The zero-order valence-corrected chi connectivity index (χ0v) is 22.4. The molecule has 8 heteroatoms. The van der Waals surface area contributed by atoms with Gasteiger partial charge in [-0.25, -0.2) is 0 Å². The Hall–Kier alpha value is -2.18. The number of likely N-dealkylation sites (N-methyl/N-ethyl adjacent to an activating group) is 1. The van der Waals surface area contributed by atoms with E-state index in [-0.39, 0.29) is 24.8 Å². The van der Waals surface area contributed by atoms with Crippen LogP contribution in [0.15, 0.2) is 77.7 Å². The highest BCUT2D eigenvalue weighted by Gasteiger charge is 2.30. The molecule has 0 aliphatic heterocycles. The van der Waals surface area contributed by atoms with E-state index in [0.29, 0.717) is 33.8 Å². The number of amides is 2. The van der Waals surface area contributed by atoms with E-state index < -0.39 is 6.04 Å². The lowest BCUT2D eigenvalue weighted by Gasteiger charge is -2.31. The average Bonchev–Trinajstić information content (AvgIpc) is 2.85. The molecule has 4 nitrogen and oxygen atoms in total. The van der Waals surface area contributed by atoms with E-state index in [9.17, 15) is 9.59 Å². The predicted octanol–water partition coefficient (Wildman–Crippen LogP) is 6.91. The van der Waals surface area contributed by atoms with Crippen LogP contribution in [0.5, 0.6) is 0 Å². The number of hydrogen-bond donors (Lipinski definition) is 1. The molecule has 0 saturated heterocycles. The quantitative estimate of drug-likeness (QED) is 0.265. The monoisotopic (exact) mass is 548 g/mol. The number of benzene rings is 3. The summed E-state index contributed by atoms with van der Waals surface area (Å²) >= 11 is 19.9. The van der Waals surface area contributed by atoms with E-state index >= 15 is 0 Å². The van der Waals surface area contributed by atoms with Crippen LogP contribution in [0, 0.1) is 0 Å². The SMILES string of the molecule is CCNC(=O)C(Cc1ccccc1)N(Cc1ccc(Cl)c(Cl)c1)C(=O)CCSc1ccc(Cl)cc1. The minimum Gasteiger partial charge on any atom is -0.355 e. The molecule has 0 saturated carbocycles. The number of halogens is 3. The number of nitrogens with one attached hydrogen (secondary N) is 1. The molecular formula is C27H27Cl3N2O2S. The molecule has 3 rings (SSSR count). The van der Waals surface area contributed by atoms with Crippen molar-refractivity contribution < 1.29 is 9.59 Å². The van der Waals surface area contributed by atoms with Crippen molar-refractivity contribution in [3.8, 4) is 0 Å². The van der Waals surface area contributed by atoms with Crippen molar-refractivity contribution in [2.24, 2.45) is 0 Å². The zero-order valence-electron chi connectivity index (χ0n) is 19.3. The summed E-state index contributed by atoms with van der Waals surface area (Å²) in [5.74, 6) is 0.283. The van der Waals surface area contributed by atoms with Crippen molar-refractivity contribution in [1.82, 2.24) is 10.2 Å². The number of nitrogens with zero attached hydrogens (tertiary/aromatic N) is 1. The van der Waals surface area contributed by atoms with Crippen molar-refractivity contribution in [1.29, 1.82) is 0 Å². The first-order chi connectivity index (χ1) is 16.9. The highest BCUT2D eigenvalue weighted by atomic mass is 35.5. The molecule has 0 aliphatic carbocycles. The molecule has 0 radical (unpaired) electrons. The minimum atomic E-state index is -0.667. The van der Waals surface area contributed by atoms with Crippen LogP contribution >= 0.6 is 46.6 Å². The molecule has 1 unspecified atom stereocenters. The van der Waals surface area contributed by atoms with Gasteiger partial charge in [0.2, 0.25) is 11.8 Å². The third kappa shape index (κ3) is 8.46. The van der Waals surface area contributed by atoms with Gasteiger partial charge in [-0.15, -0.1) is 11.8 Å². The van der Waals surface area contributed by atoms with Gasteiger partial charge in [-0.05, 0) is 54.4 Å². The second kappa shape index (κ2) is 13.8. The fourth-order valence-corrected chi connectivity index (χ4v) is 4.90. The van der Waals surface area contributed by atoms with Crippen LogP contribution in [-0.2, 0) is 22.6 Å². The van der Waals surface area contributed by atoms with Crippen LogP contribution in [0.3, 0.4) is 0 Å². The molecule has 0 bridgehead atoms. The Labute approximate surface area is 225 Å². The van der Waals surface area contributed by atoms with Gasteiger partial charge in [0.05, 0.1) is 10.0 Å². The molecule has 3 aromatic carbocycles. The predicted molar refractivity (Wildman–Crippen MR) is 146 cm³/mol. The number of thioether (sulfide) groups is 1. The van der Waals surface area contributed by atoms with Gasteiger partial charge in [-0.3, -0.25) is 9.59 Å². The maximum Gasteiger partial charge on any atom is 0.243 e. The Balaban J connectivity index is 1.84. The van der Waals surface area contributed by atoms with Gasteiger partial charge in [0, 0.05) is 41.6 Å². The largest absolute Gasteiger partial charge is 0.355 e. The standard InChI is InChI=1S/C27H27Cl3N2O2S/c1-2-31-27(34)25(17-19-6-4-3-5-7-19)32(18-20-8-13-23(29)24(30)16-20)26(33)14-15-35-22-11-9-21(28)10-12-22/h3-13,16,25H,2,14-15,17-18H2,1H3,(H,31,34). The molecular weight excluding hydrogens is 523 g/mol. The molecule has 0 heterocycles. The Morgan fingerprint density at radius 2 is 1.63 bits per heavy atom. The number of hydrogen-bond acceptors (Lipinski definition) is 3. The summed E-state index contributed by atoms with van der Waals surface area (Å²) in [7, 11) is 0. The van der Waals surface area contributed by atoms with Crippen LogP contribution in [-0.4, -0.2) is 35.1 Å². The summed E-state index contributed by atoms with van der Waals surface area (Å²) in [4.78, 5) is 29.4. The molecule has 184 valence electrons. The second-order valence-electron chi connectivity index (χ2n) is 7.92. The molecule has 2 amide bonds. The summed E-state index contributed by atoms with van der Waals surface area (Å²) in [6.45, 7) is 2.59. The Morgan fingerprint density at radius 1 is 0.914 bits per heavy atom. The fraction of sp³-hybridized carbons (Fsp3) is 0.259. The third-order valence-corrected chi connectivity index (χ3v) is 7.36. The van der Waals surface area contributed by atoms with Gasteiger partial charge < -0.3 is 10.2 Å². The first-order valence-corrected chi connectivity index (χ1v) is 13.4. The van der Waals surface area contributed by atoms with Crippen LogP contribution in [0.2, 0.25) is 15.1 Å². The fourth-order valence-electron chi connectivity index (χ4n) is 3.61. The van der Waals surface area contributed by atoms with Gasteiger partial charge >= 0.3 is 0 Å². The van der Waals surface area contributed by atoms with Crippen LogP contribution in [0.1, 0.15) is 24.5 Å². The van der Waals surface area contributed by atoms with E-state index in [1.807, 2.05) is 67.6 Å². The number of rotatable bonds is 11. The molecule has 0 aromatic heterocycles. The lowest BCUT2D eigenvalue weighted by Crippen LogP contribution is -2.50. The van der Waals surface area contributed by atoms with Crippen molar-refractivity contribution in [2.75, 3.05) is 12.3 Å².